The first kappa shape index (κ1) is 19.1. The summed E-state index contributed by atoms with van der Waals surface area (Å²) in [6.45, 7) is 1.87. The first-order valence-electron chi connectivity index (χ1n) is 8.97. The molecule has 0 spiro atoms. The van der Waals surface area contributed by atoms with Crippen LogP contribution in [0.25, 0.3) is 16.2 Å². The number of aryl methyl sites for hydroxylation is 1. The largest absolute Gasteiger partial charge is 0.480 e. The molecule has 2 amide bonds. The summed E-state index contributed by atoms with van der Waals surface area (Å²) in [6, 6.07) is 6.45. The van der Waals surface area contributed by atoms with E-state index in [1.165, 1.54) is 12.1 Å². The maximum absolute atomic E-state index is 13.6. The lowest BCUT2D eigenvalue weighted by atomic mass is 10.0. The summed E-state index contributed by atoms with van der Waals surface area (Å²) >= 11 is 1.55. The minimum atomic E-state index is -0.278. The zero-order chi connectivity index (χ0) is 20.5. The third-order valence-corrected chi connectivity index (χ3v) is 5.97. The molecular weight excluding hydrogens is 393 g/mol. The van der Waals surface area contributed by atoms with E-state index in [0.29, 0.717) is 29.1 Å². The Labute approximate surface area is 170 Å². The molecule has 3 aromatic rings. The maximum Gasteiger partial charge on any atom is 0.263 e. The third kappa shape index (κ3) is 3.84. The average molecular weight is 411 g/mol. The van der Waals surface area contributed by atoms with E-state index in [9.17, 15) is 14.0 Å². The van der Waals surface area contributed by atoms with E-state index in [2.05, 4.69) is 15.6 Å². The number of aromatic nitrogens is 1. The molecule has 2 aromatic heterocycles. The molecule has 4 rings (SSSR count). The van der Waals surface area contributed by atoms with Gasteiger partial charge in [0, 0.05) is 34.8 Å². The monoisotopic (exact) mass is 411 g/mol. The second kappa shape index (κ2) is 7.63. The number of ether oxygens (including phenoxy) is 1. The molecule has 29 heavy (non-hydrogen) atoms. The number of benzene rings is 1. The van der Waals surface area contributed by atoms with Gasteiger partial charge >= 0.3 is 0 Å². The summed E-state index contributed by atoms with van der Waals surface area (Å²) in [5.41, 5.74) is 2.20. The number of pyridine rings is 1. The molecule has 1 aliphatic heterocycles. The highest BCUT2D eigenvalue weighted by molar-refractivity contribution is 7.19. The Morgan fingerprint density at radius 3 is 3.03 bits per heavy atom. The molecule has 148 valence electrons. The summed E-state index contributed by atoms with van der Waals surface area (Å²) in [4.78, 5) is 29.1. The molecule has 2 N–H and O–H groups in total. The zero-order valence-corrected chi connectivity index (χ0v) is 16.7. The van der Waals surface area contributed by atoms with Gasteiger partial charge in [0.25, 0.3) is 5.91 Å². The number of rotatable bonds is 4. The summed E-state index contributed by atoms with van der Waals surface area (Å²) < 4.78 is 20.0. The predicted octanol–water partition coefficient (Wildman–Crippen LogP) is 3.45. The van der Waals surface area contributed by atoms with Gasteiger partial charge in [0.2, 0.25) is 5.91 Å². The predicted molar refractivity (Wildman–Crippen MR) is 111 cm³/mol. The lowest BCUT2D eigenvalue weighted by Gasteiger charge is -2.17. The highest BCUT2D eigenvalue weighted by Crippen LogP contribution is 2.33. The first-order chi connectivity index (χ1) is 13.9. The van der Waals surface area contributed by atoms with E-state index in [4.69, 9.17) is 4.74 Å². The number of fused-ring (bicyclic) bond motifs is 2. The highest BCUT2D eigenvalue weighted by atomic mass is 32.1. The van der Waals surface area contributed by atoms with Gasteiger partial charge in [-0.1, -0.05) is 0 Å². The number of likely N-dealkylation sites (N-methyl/N-ethyl adjacent to an activating group) is 1. The van der Waals surface area contributed by atoms with E-state index >= 15 is 0 Å². The van der Waals surface area contributed by atoms with E-state index in [-0.39, 0.29) is 24.2 Å². The van der Waals surface area contributed by atoms with Crippen molar-refractivity contribution in [1.82, 2.24) is 10.3 Å². The third-order valence-electron chi connectivity index (χ3n) is 4.70. The molecule has 3 heterocycles. The van der Waals surface area contributed by atoms with Gasteiger partial charge in [-0.3, -0.25) is 9.59 Å². The fourth-order valence-corrected chi connectivity index (χ4v) is 4.41. The van der Waals surface area contributed by atoms with Crippen molar-refractivity contribution in [2.24, 2.45) is 0 Å². The number of carbonyl (C=O) groups excluding carboxylic acids is 2. The molecule has 1 aliphatic rings. The van der Waals surface area contributed by atoms with Crippen molar-refractivity contribution >= 4 is 45.1 Å². The summed E-state index contributed by atoms with van der Waals surface area (Å²) in [7, 11) is 1.58. The van der Waals surface area contributed by atoms with Gasteiger partial charge in [-0.05, 0) is 53.8 Å². The number of thiophene rings is 1. The molecule has 1 aromatic carbocycles. The van der Waals surface area contributed by atoms with Gasteiger partial charge in [0.05, 0.1) is 0 Å². The Balaban J connectivity index is 1.69. The van der Waals surface area contributed by atoms with Crippen LogP contribution in [0.15, 0.2) is 36.0 Å². The van der Waals surface area contributed by atoms with Crippen LogP contribution in [0.4, 0.5) is 10.2 Å². The molecule has 0 unspecified atom stereocenters. The van der Waals surface area contributed by atoms with E-state index in [1.807, 2.05) is 6.92 Å². The number of carbonyl (C=O) groups is 2. The Bertz CT molecular complexity index is 1170. The van der Waals surface area contributed by atoms with Crippen LogP contribution in [0, 0.1) is 12.7 Å². The molecule has 0 saturated heterocycles. The van der Waals surface area contributed by atoms with Gasteiger partial charge in [0.15, 0.2) is 18.2 Å². The Morgan fingerprint density at radius 2 is 2.24 bits per heavy atom. The molecule has 0 atom stereocenters. The normalized spacial score (nSPS) is 13.6. The molecule has 0 radical (unpaired) electrons. The molecule has 0 fully saturated rings. The van der Waals surface area contributed by atoms with Gasteiger partial charge in [-0.25, -0.2) is 9.37 Å². The summed E-state index contributed by atoms with van der Waals surface area (Å²) in [5, 5.41) is 6.16. The standard InChI is InChI=1S/C21H18FN3O3S/c1-11-15-8-14(22)3-4-17(15)29-18(11)7-13(21(27)23-2)5-12-6-16-20(24-9-12)25-19(26)10-28-16/h3-6,8-9H,7,10H2,1-2H3,(H,23,27)(H,24,25,26). The number of anilines is 1. The number of hydrogen-bond acceptors (Lipinski definition) is 5. The van der Waals surface area contributed by atoms with E-state index < -0.39 is 0 Å². The molecule has 0 aliphatic carbocycles. The fraction of sp³-hybridized carbons (Fsp3) is 0.190. The van der Waals surface area contributed by atoms with Crippen molar-refractivity contribution in [2.45, 2.75) is 13.3 Å². The summed E-state index contributed by atoms with van der Waals surface area (Å²) in [5.74, 6) is 0.0839. The average Bonchev–Trinajstić information content (AvgIpc) is 3.02. The van der Waals surface area contributed by atoms with Crippen LogP contribution in [0.3, 0.4) is 0 Å². The van der Waals surface area contributed by atoms with Crippen LogP contribution in [-0.2, 0) is 16.0 Å². The lowest BCUT2D eigenvalue weighted by Crippen LogP contribution is -2.26. The van der Waals surface area contributed by atoms with Crippen LogP contribution >= 0.6 is 11.3 Å². The van der Waals surface area contributed by atoms with Crippen molar-refractivity contribution in [3.05, 3.63) is 57.9 Å². The quantitative estimate of drug-likeness (QED) is 0.645. The number of nitrogens with one attached hydrogen (secondary N) is 2. The fourth-order valence-electron chi connectivity index (χ4n) is 3.20. The SMILES string of the molecule is CNC(=O)C(=Cc1cnc2c(c1)OCC(=O)N2)Cc1sc2ccc(F)cc2c1C. The van der Waals surface area contributed by atoms with Gasteiger partial charge in [-0.15, -0.1) is 11.3 Å². The van der Waals surface area contributed by atoms with E-state index in [0.717, 1.165) is 20.5 Å². The highest BCUT2D eigenvalue weighted by Gasteiger charge is 2.19. The minimum absolute atomic E-state index is 0.0678. The topological polar surface area (TPSA) is 80.3 Å². The molecule has 0 saturated carbocycles. The number of halogens is 1. The maximum atomic E-state index is 13.6. The van der Waals surface area contributed by atoms with Crippen molar-refractivity contribution in [2.75, 3.05) is 19.0 Å². The van der Waals surface area contributed by atoms with Crippen LogP contribution in [0.1, 0.15) is 16.0 Å². The number of hydrogen-bond donors (Lipinski definition) is 2. The first-order valence-corrected chi connectivity index (χ1v) is 9.79. The Kier molecular flexibility index (Phi) is 5.02. The van der Waals surface area contributed by atoms with Gasteiger partial charge in [-0.2, -0.15) is 0 Å². The second-order valence-corrected chi connectivity index (χ2v) is 7.81. The lowest BCUT2D eigenvalue weighted by molar-refractivity contribution is -0.119. The van der Waals surface area contributed by atoms with Crippen LogP contribution in [0.2, 0.25) is 0 Å². The van der Waals surface area contributed by atoms with Crippen LogP contribution in [0.5, 0.6) is 5.75 Å². The number of amides is 2. The summed E-state index contributed by atoms with van der Waals surface area (Å²) in [6.07, 6.45) is 3.72. The molecule has 8 heteroatoms. The minimum Gasteiger partial charge on any atom is -0.480 e. The van der Waals surface area contributed by atoms with Crippen LogP contribution < -0.4 is 15.4 Å². The Morgan fingerprint density at radius 1 is 1.41 bits per heavy atom. The molecular formula is C21H18FN3O3S. The Hall–Kier alpha value is -3.26. The molecule has 0 bridgehead atoms. The zero-order valence-electron chi connectivity index (χ0n) is 15.8. The second-order valence-electron chi connectivity index (χ2n) is 6.67. The van der Waals surface area contributed by atoms with Gasteiger partial charge < -0.3 is 15.4 Å². The van der Waals surface area contributed by atoms with Crippen molar-refractivity contribution in [3.63, 3.8) is 0 Å². The van der Waals surface area contributed by atoms with E-state index in [1.54, 1.807) is 42.8 Å². The smallest absolute Gasteiger partial charge is 0.263 e. The van der Waals surface area contributed by atoms with Crippen molar-refractivity contribution in [1.29, 1.82) is 0 Å². The van der Waals surface area contributed by atoms with Crippen LogP contribution in [-0.4, -0.2) is 30.5 Å². The van der Waals surface area contributed by atoms with Gasteiger partial charge in [0.1, 0.15) is 5.82 Å². The number of nitrogens with zero attached hydrogens (tertiary/aromatic N) is 1. The van der Waals surface area contributed by atoms with Crippen molar-refractivity contribution < 1.29 is 18.7 Å². The van der Waals surface area contributed by atoms with Crippen molar-refractivity contribution in [3.8, 4) is 5.75 Å². The molecule has 6 nitrogen and oxygen atoms in total.